The van der Waals surface area contributed by atoms with Crippen LogP contribution in [0.15, 0.2) is 15.3 Å². The SMILES string of the molecule is C=C(I)[C@H]1N(CCCCN=[N+]=[N-])C(=O)O[C@]1(C)C(O)CC. The Morgan fingerprint density at radius 1 is 1.71 bits per heavy atom. The maximum Gasteiger partial charge on any atom is 0.411 e. The van der Waals surface area contributed by atoms with Gasteiger partial charge >= 0.3 is 6.09 Å². The van der Waals surface area contributed by atoms with Crippen LogP contribution in [-0.2, 0) is 4.74 Å². The molecule has 1 heterocycles. The smallest absolute Gasteiger partial charge is 0.411 e. The number of hydrogen-bond acceptors (Lipinski definition) is 4. The van der Waals surface area contributed by atoms with Gasteiger partial charge in [-0.25, -0.2) is 4.79 Å². The van der Waals surface area contributed by atoms with E-state index in [0.29, 0.717) is 32.4 Å². The van der Waals surface area contributed by atoms with E-state index in [1.54, 1.807) is 11.8 Å². The molecule has 1 unspecified atom stereocenters. The van der Waals surface area contributed by atoms with Crippen LogP contribution in [0.4, 0.5) is 4.79 Å². The number of nitrogens with zero attached hydrogens (tertiary/aromatic N) is 4. The Kier molecular flexibility index (Phi) is 6.76. The second kappa shape index (κ2) is 7.86. The van der Waals surface area contributed by atoms with Crippen LogP contribution in [0.2, 0.25) is 0 Å². The highest BCUT2D eigenvalue weighted by Crippen LogP contribution is 2.39. The van der Waals surface area contributed by atoms with Crippen LogP contribution < -0.4 is 0 Å². The molecule has 1 N–H and O–H groups in total. The van der Waals surface area contributed by atoms with Crippen LogP contribution in [0, 0.1) is 0 Å². The minimum Gasteiger partial charge on any atom is -0.438 e. The molecule has 0 saturated carbocycles. The number of amides is 1. The molecule has 118 valence electrons. The van der Waals surface area contributed by atoms with Gasteiger partial charge in [0.1, 0.15) is 6.04 Å². The van der Waals surface area contributed by atoms with E-state index in [1.165, 1.54) is 0 Å². The Morgan fingerprint density at radius 3 is 2.90 bits per heavy atom. The molecule has 0 aliphatic carbocycles. The van der Waals surface area contributed by atoms with Crippen molar-refractivity contribution in [1.82, 2.24) is 4.90 Å². The summed E-state index contributed by atoms with van der Waals surface area (Å²) in [4.78, 5) is 16.4. The van der Waals surface area contributed by atoms with Crippen molar-refractivity contribution < 1.29 is 14.6 Å². The van der Waals surface area contributed by atoms with E-state index in [-0.39, 0.29) is 6.04 Å². The first-order chi connectivity index (χ1) is 9.88. The van der Waals surface area contributed by atoms with Crippen molar-refractivity contribution in [2.45, 2.75) is 50.9 Å². The van der Waals surface area contributed by atoms with Crippen molar-refractivity contribution in [3.8, 4) is 0 Å². The molecule has 1 aliphatic rings. The molecule has 0 bridgehead atoms. The van der Waals surface area contributed by atoms with Crippen molar-refractivity contribution >= 4 is 28.7 Å². The zero-order chi connectivity index (χ0) is 16.0. The fraction of sp³-hybridized carbons (Fsp3) is 0.769. The summed E-state index contributed by atoms with van der Waals surface area (Å²) in [5, 5.41) is 13.7. The van der Waals surface area contributed by atoms with Gasteiger partial charge in [0.05, 0.1) is 6.10 Å². The van der Waals surface area contributed by atoms with Gasteiger partial charge in [-0.05, 0) is 54.3 Å². The molecule has 1 aliphatic heterocycles. The van der Waals surface area contributed by atoms with Gasteiger partial charge in [0, 0.05) is 21.6 Å². The Hall–Kier alpha value is -0.990. The van der Waals surface area contributed by atoms with E-state index in [2.05, 4.69) is 39.2 Å². The normalized spacial score (nSPS) is 26.2. The fourth-order valence-corrected chi connectivity index (χ4v) is 3.54. The third kappa shape index (κ3) is 4.02. The minimum absolute atomic E-state index is 0.361. The summed E-state index contributed by atoms with van der Waals surface area (Å²) >= 11 is 2.07. The van der Waals surface area contributed by atoms with E-state index in [4.69, 9.17) is 10.3 Å². The number of aliphatic hydroxyl groups excluding tert-OH is 1. The zero-order valence-electron chi connectivity index (χ0n) is 12.3. The lowest BCUT2D eigenvalue weighted by molar-refractivity contribution is -0.0532. The van der Waals surface area contributed by atoms with Crippen molar-refractivity contribution in [1.29, 1.82) is 0 Å². The molecule has 1 rings (SSSR count). The number of aliphatic hydroxyl groups is 1. The third-order valence-electron chi connectivity index (χ3n) is 3.71. The second-order valence-electron chi connectivity index (χ2n) is 5.18. The topological polar surface area (TPSA) is 98.5 Å². The molecular weight excluding hydrogens is 387 g/mol. The zero-order valence-corrected chi connectivity index (χ0v) is 14.5. The predicted molar refractivity (Wildman–Crippen MR) is 88.1 cm³/mol. The van der Waals surface area contributed by atoms with E-state index >= 15 is 0 Å². The third-order valence-corrected chi connectivity index (χ3v) is 4.30. The quantitative estimate of drug-likeness (QED) is 0.219. The van der Waals surface area contributed by atoms with Crippen LogP contribution in [-0.4, -0.2) is 46.9 Å². The van der Waals surface area contributed by atoms with Gasteiger partial charge in [-0.2, -0.15) is 0 Å². The molecule has 1 saturated heterocycles. The number of hydrogen-bond donors (Lipinski definition) is 1. The number of ether oxygens (including phenoxy) is 1. The Bertz CT molecular complexity index is 453. The summed E-state index contributed by atoms with van der Waals surface area (Å²) in [7, 11) is 0. The standard InChI is InChI=1S/C13H21IN4O3/c1-4-10(19)13(3)11(9(2)14)18(12(20)21-13)8-6-5-7-16-17-15/h10-11,19H,2,4-8H2,1,3H3/t10?,11-,13-/m1/s1. The summed E-state index contributed by atoms with van der Waals surface area (Å²) in [6.45, 7) is 8.41. The van der Waals surface area contributed by atoms with Crippen LogP contribution in [0.5, 0.6) is 0 Å². The van der Waals surface area contributed by atoms with Crippen molar-refractivity contribution in [2.24, 2.45) is 5.11 Å². The predicted octanol–water partition coefficient (Wildman–Crippen LogP) is 3.38. The first-order valence-corrected chi connectivity index (χ1v) is 7.99. The van der Waals surface area contributed by atoms with Crippen LogP contribution in [0.1, 0.15) is 33.1 Å². The monoisotopic (exact) mass is 408 g/mol. The summed E-state index contributed by atoms with van der Waals surface area (Å²) in [5.41, 5.74) is 7.25. The van der Waals surface area contributed by atoms with Gasteiger partial charge in [-0.15, -0.1) is 0 Å². The highest BCUT2D eigenvalue weighted by Gasteiger charge is 2.54. The molecule has 0 aromatic heterocycles. The molecule has 21 heavy (non-hydrogen) atoms. The number of carbonyl (C=O) groups excluding carboxylic acids is 1. The first-order valence-electron chi connectivity index (χ1n) is 6.91. The minimum atomic E-state index is -0.977. The molecule has 0 aromatic carbocycles. The van der Waals surface area contributed by atoms with Gasteiger partial charge in [0.25, 0.3) is 0 Å². The number of carbonyl (C=O) groups is 1. The van der Waals surface area contributed by atoms with Crippen LogP contribution in [0.3, 0.4) is 0 Å². The molecule has 1 amide bonds. The Morgan fingerprint density at radius 2 is 2.38 bits per heavy atom. The molecule has 0 radical (unpaired) electrons. The molecule has 0 aromatic rings. The summed E-state index contributed by atoms with van der Waals surface area (Å²) < 4.78 is 6.21. The second-order valence-corrected chi connectivity index (χ2v) is 6.57. The maximum atomic E-state index is 12.1. The summed E-state index contributed by atoms with van der Waals surface area (Å²) in [6, 6.07) is -0.361. The van der Waals surface area contributed by atoms with E-state index in [9.17, 15) is 9.90 Å². The number of halogens is 1. The Balaban J connectivity index is 2.80. The average Bonchev–Trinajstić information content (AvgIpc) is 2.69. The number of cyclic esters (lactones) is 1. The fourth-order valence-electron chi connectivity index (χ4n) is 2.58. The van der Waals surface area contributed by atoms with Crippen molar-refractivity contribution in [3.05, 3.63) is 20.6 Å². The van der Waals surface area contributed by atoms with Crippen LogP contribution in [0.25, 0.3) is 10.4 Å². The van der Waals surface area contributed by atoms with Crippen molar-refractivity contribution in [2.75, 3.05) is 13.1 Å². The molecule has 3 atom stereocenters. The Labute approximate surface area is 138 Å². The first kappa shape index (κ1) is 18.1. The molecule has 7 nitrogen and oxygen atoms in total. The molecular formula is C13H21IN4O3. The molecule has 8 heteroatoms. The van der Waals surface area contributed by atoms with Gasteiger partial charge < -0.3 is 9.84 Å². The average molecular weight is 408 g/mol. The van der Waals surface area contributed by atoms with Gasteiger partial charge in [0.15, 0.2) is 5.60 Å². The van der Waals surface area contributed by atoms with E-state index in [0.717, 1.165) is 3.58 Å². The lowest BCUT2D eigenvalue weighted by Crippen LogP contribution is -2.51. The van der Waals surface area contributed by atoms with Gasteiger partial charge in [-0.1, -0.05) is 18.6 Å². The highest BCUT2D eigenvalue weighted by molar-refractivity contribution is 14.1. The van der Waals surface area contributed by atoms with Gasteiger partial charge in [0.2, 0.25) is 0 Å². The highest BCUT2D eigenvalue weighted by atomic mass is 127. The lowest BCUT2D eigenvalue weighted by Gasteiger charge is -2.34. The van der Waals surface area contributed by atoms with Crippen LogP contribution >= 0.6 is 22.6 Å². The number of rotatable bonds is 8. The number of azide groups is 1. The maximum absolute atomic E-state index is 12.1. The van der Waals surface area contributed by atoms with Gasteiger partial charge in [-0.3, -0.25) is 4.90 Å². The molecule has 1 fully saturated rings. The van der Waals surface area contributed by atoms with E-state index in [1.807, 2.05) is 6.92 Å². The number of unbranched alkanes of at least 4 members (excludes halogenated alkanes) is 1. The largest absolute Gasteiger partial charge is 0.438 e. The van der Waals surface area contributed by atoms with Crippen molar-refractivity contribution in [3.63, 3.8) is 0 Å². The lowest BCUT2D eigenvalue weighted by atomic mass is 9.88. The summed E-state index contributed by atoms with van der Waals surface area (Å²) in [5.74, 6) is 0. The molecule has 0 spiro atoms. The summed E-state index contributed by atoms with van der Waals surface area (Å²) in [6.07, 6.45) is 0.714. The van der Waals surface area contributed by atoms with E-state index < -0.39 is 17.8 Å².